The third-order valence-corrected chi connectivity index (χ3v) is 5.63. The molecular formula is C11H25ClO3Si. The maximum Gasteiger partial charge on any atom is 0.500 e. The summed E-state index contributed by atoms with van der Waals surface area (Å²) >= 11 is 5.65. The van der Waals surface area contributed by atoms with Crippen molar-refractivity contribution in [2.75, 3.05) is 25.7 Å². The van der Waals surface area contributed by atoms with Crippen LogP contribution in [0.1, 0.15) is 40.0 Å². The summed E-state index contributed by atoms with van der Waals surface area (Å²) in [4.78, 5) is 0. The van der Waals surface area contributed by atoms with Crippen molar-refractivity contribution >= 4 is 20.4 Å². The Kier molecular flexibility index (Phi) is 10.8. The molecule has 0 spiro atoms. The third-order valence-electron chi connectivity index (χ3n) is 2.21. The van der Waals surface area contributed by atoms with Gasteiger partial charge in [-0.15, -0.1) is 11.6 Å². The third kappa shape index (κ3) is 6.86. The molecule has 0 unspecified atom stereocenters. The summed E-state index contributed by atoms with van der Waals surface area (Å²) < 4.78 is 17.3. The smallest absolute Gasteiger partial charge is 0.374 e. The Hall–Kier alpha value is 0.387. The van der Waals surface area contributed by atoms with Gasteiger partial charge in [0.15, 0.2) is 0 Å². The molecule has 0 aliphatic carbocycles. The molecule has 3 nitrogen and oxygen atoms in total. The summed E-state index contributed by atoms with van der Waals surface area (Å²) in [5.41, 5.74) is 0. The van der Waals surface area contributed by atoms with Crippen molar-refractivity contribution in [1.29, 1.82) is 0 Å². The van der Waals surface area contributed by atoms with Crippen molar-refractivity contribution in [2.45, 2.75) is 46.1 Å². The minimum absolute atomic E-state index is 0.654. The van der Waals surface area contributed by atoms with Gasteiger partial charge in [0.2, 0.25) is 0 Å². The van der Waals surface area contributed by atoms with Crippen LogP contribution in [0.3, 0.4) is 0 Å². The maximum atomic E-state index is 5.75. The van der Waals surface area contributed by atoms with E-state index in [9.17, 15) is 0 Å². The first-order valence-electron chi connectivity index (χ1n) is 6.22. The van der Waals surface area contributed by atoms with Crippen LogP contribution in [0.2, 0.25) is 6.04 Å². The minimum atomic E-state index is -2.39. The Morgan fingerprint density at radius 3 is 1.69 bits per heavy atom. The number of rotatable bonds is 11. The number of hydrogen-bond acceptors (Lipinski definition) is 3. The molecule has 0 bridgehead atoms. The molecule has 16 heavy (non-hydrogen) atoms. The van der Waals surface area contributed by atoms with Gasteiger partial charge < -0.3 is 13.3 Å². The lowest BCUT2D eigenvalue weighted by Crippen LogP contribution is -2.45. The molecule has 0 aromatic rings. The van der Waals surface area contributed by atoms with E-state index < -0.39 is 8.80 Å². The summed E-state index contributed by atoms with van der Waals surface area (Å²) in [6, 6.07) is 0.902. The summed E-state index contributed by atoms with van der Waals surface area (Å²) in [5, 5.41) is 0. The molecule has 0 rings (SSSR count). The highest BCUT2D eigenvalue weighted by atomic mass is 35.5. The van der Waals surface area contributed by atoms with Gasteiger partial charge in [-0.2, -0.15) is 0 Å². The molecule has 0 atom stereocenters. The fraction of sp³-hybridized carbons (Fsp3) is 1.00. The van der Waals surface area contributed by atoms with Crippen LogP contribution >= 0.6 is 11.6 Å². The van der Waals surface area contributed by atoms with Crippen LogP contribution in [0.15, 0.2) is 0 Å². The van der Waals surface area contributed by atoms with E-state index >= 15 is 0 Å². The van der Waals surface area contributed by atoms with Gasteiger partial charge in [-0.3, -0.25) is 0 Å². The molecule has 0 amide bonds. The first-order valence-corrected chi connectivity index (χ1v) is 8.69. The molecule has 98 valence electrons. The molecule has 0 aliphatic rings. The Balaban J connectivity index is 4.12. The van der Waals surface area contributed by atoms with E-state index in [4.69, 9.17) is 24.9 Å². The van der Waals surface area contributed by atoms with Crippen molar-refractivity contribution in [3.05, 3.63) is 0 Å². The molecule has 0 radical (unpaired) electrons. The second-order valence-corrected chi connectivity index (χ2v) is 6.59. The predicted molar refractivity (Wildman–Crippen MR) is 70.0 cm³/mol. The minimum Gasteiger partial charge on any atom is -0.374 e. The van der Waals surface area contributed by atoms with E-state index in [0.29, 0.717) is 19.8 Å². The summed E-state index contributed by atoms with van der Waals surface area (Å²) in [7, 11) is -2.39. The average molecular weight is 269 g/mol. The molecule has 0 fully saturated rings. The van der Waals surface area contributed by atoms with Crippen molar-refractivity contribution in [1.82, 2.24) is 0 Å². The monoisotopic (exact) mass is 268 g/mol. The molecule has 5 heteroatoms. The van der Waals surface area contributed by atoms with Crippen LogP contribution in [0.4, 0.5) is 0 Å². The number of halogens is 1. The fourth-order valence-electron chi connectivity index (χ4n) is 1.61. The Bertz CT molecular complexity index is 141. The standard InChI is InChI=1S/C11H25ClO3Si/c1-4-13-16(14-5-2,15-6-3)11-9-7-8-10-12/h4-11H2,1-3H3. The molecule has 0 aromatic carbocycles. The highest BCUT2D eigenvalue weighted by molar-refractivity contribution is 6.60. The molecule has 0 N–H and O–H groups in total. The molecule has 0 aromatic heterocycles. The second-order valence-electron chi connectivity index (χ2n) is 3.48. The van der Waals surface area contributed by atoms with Gasteiger partial charge in [-0.05, 0) is 33.6 Å². The van der Waals surface area contributed by atoms with E-state index in [1.54, 1.807) is 0 Å². The first-order chi connectivity index (χ1) is 7.74. The summed E-state index contributed by atoms with van der Waals surface area (Å²) in [6.07, 6.45) is 3.24. The Morgan fingerprint density at radius 2 is 1.31 bits per heavy atom. The summed E-state index contributed by atoms with van der Waals surface area (Å²) in [6.45, 7) is 7.92. The Morgan fingerprint density at radius 1 is 0.812 bits per heavy atom. The van der Waals surface area contributed by atoms with Gasteiger partial charge >= 0.3 is 8.80 Å². The van der Waals surface area contributed by atoms with Gasteiger partial charge in [0.05, 0.1) is 0 Å². The average Bonchev–Trinajstić information content (AvgIpc) is 2.26. The zero-order chi connectivity index (χ0) is 12.3. The van der Waals surface area contributed by atoms with Crippen LogP contribution < -0.4 is 0 Å². The quantitative estimate of drug-likeness (QED) is 0.326. The molecular weight excluding hydrogens is 244 g/mol. The van der Waals surface area contributed by atoms with Gasteiger partial charge in [0.25, 0.3) is 0 Å². The number of alkyl halides is 1. The first kappa shape index (κ1) is 16.4. The van der Waals surface area contributed by atoms with Crippen LogP contribution in [0.25, 0.3) is 0 Å². The number of hydrogen-bond donors (Lipinski definition) is 0. The van der Waals surface area contributed by atoms with Crippen LogP contribution in [0, 0.1) is 0 Å². The van der Waals surface area contributed by atoms with E-state index in [0.717, 1.165) is 31.2 Å². The van der Waals surface area contributed by atoms with Crippen LogP contribution in [0.5, 0.6) is 0 Å². The zero-order valence-electron chi connectivity index (χ0n) is 10.8. The van der Waals surface area contributed by atoms with E-state index in [-0.39, 0.29) is 0 Å². The van der Waals surface area contributed by atoms with Crippen molar-refractivity contribution in [2.24, 2.45) is 0 Å². The highest BCUT2D eigenvalue weighted by Gasteiger charge is 2.39. The van der Waals surface area contributed by atoms with Gasteiger partial charge in [-0.25, -0.2) is 0 Å². The highest BCUT2D eigenvalue weighted by Crippen LogP contribution is 2.19. The van der Waals surface area contributed by atoms with Gasteiger partial charge in [-0.1, -0.05) is 6.42 Å². The SMILES string of the molecule is CCO[Si](CCCCCCl)(OCC)OCC. The lowest BCUT2D eigenvalue weighted by Gasteiger charge is -2.28. The predicted octanol–water partition coefficient (Wildman–Crippen LogP) is 3.44. The maximum absolute atomic E-state index is 5.75. The Labute approximate surface area is 106 Å². The molecule has 0 saturated carbocycles. The molecule has 0 saturated heterocycles. The lowest BCUT2D eigenvalue weighted by molar-refractivity contribution is 0.0707. The normalized spacial score (nSPS) is 12.0. The van der Waals surface area contributed by atoms with Gasteiger partial charge in [0, 0.05) is 31.7 Å². The zero-order valence-corrected chi connectivity index (χ0v) is 12.5. The number of unbranched alkanes of at least 4 members (excludes halogenated alkanes) is 2. The largest absolute Gasteiger partial charge is 0.500 e. The van der Waals surface area contributed by atoms with E-state index in [2.05, 4.69) is 0 Å². The topological polar surface area (TPSA) is 27.7 Å². The summed E-state index contributed by atoms with van der Waals surface area (Å²) in [5.74, 6) is 0.729. The lowest BCUT2D eigenvalue weighted by atomic mass is 10.3. The van der Waals surface area contributed by atoms with Crippen molar-refractivity contribution in [3.63, 3.8) is 0 Å². The van der Waals surface area contributed by atoms with Crippen molar-refractivity contribution in [3.8, 4) is 0 Å². The molecule has 0 aliphatic heterocycles. The van der Waals surface area contributed by atoms with Crippen LogP contribution in [-0.2, 0) is 13.3 Å². The van der Waals surface area contributed by atoms with Crippen molar-refractivity contribution < 1.29 is 13.3 Å². The molecule has 0 heterocycles. The van der Waals surface area contributed by atoms with Gasteiger partial charge in [0.1, 0.15) is 0 Å². The van der Waals surface area contributed by atoms with E-state index in [1.165, 1.54) is 0 Å². The van der Waals surface area contributed by atoms with Crippen LogP contribution in [-0.4, -0.2) is 34.5 Å². The second kappa shape index (κ2) is 10.5. The fourth-order valence-corrected chi connectivity index (χ4v) is 4.49. The van der Waals surface area contributed by atoms with E-state index in [1.807, 2.05) is 20.8 Å².